The summed E-state index contributed by atoms with van der Waals surface area (Å²) in [7, 11) is 0. The zero-order chi connectivity index (χ0) is 16.9. The number of aryl methyl sites for hydroxylation is 1. The van der Waals surface area contributed by atoms with Gasteiger partial charge in [0.05, 0.1) is 0 Å². The van der Waals surface area contributed by atoms with Gasteiger partial charge in [-0.25, -0.2) is 0 Å². The van der Waals surface area contributed by atoms with Crippen LogP contribution in [-0.4, -0.2) is 27.5 Å². The van der Waals surface area contributed by atoms with Crippen molar-refractivity contribution < 1.29 is 9.21 Å². The van der Waals surface area contributed by atoms with Crippen LogP contribution in [0.2, 0.25) is 0 Å². The quantitative estimate of drug-likeness (QED) is 0.719. The summed E-state index contributed by atoms with van der Waals surface area (Å²) in [5.41, 5.74) is 2.57. The fourth-order valence-electron chi connectivity index (χ4n) is 2.48. The van der Waals surface area contributed by atoms with Crippen LogP contribution in [-0.2, 0) is 6.54 Å². The van der Waals surface area contributed by atoms with Crippen LogP contribution in [0.25, 0.3) is 11.5 Å². The largest absolute Gasteiger partial charge is 0.421 e. The highest BCUT2D eigenvalue weighted by Gasteiger charge is 2.15. The van der Waals surface area contributed by atoms with Crippen molar-refractivity contribution in [3.8, 4) is 11.5 Å². The van der Waals surface area contributed by atoms with Crippen LogP contribution in [0.4, 0.5) is 0 Å². The van der Waals surface area contributed by atoms with Gasteiger partial charge in [-0.3, -0.25) is 4.79 Å². The third-order valence-corrected chi connectivity index (χ3v) is 3.79. The molecule has 5 nitrogen and oxygen atoms in total. The number of nitrogens with zero attached hydrogens (tertiary/aromatic N) is 3. The Kier molecular flexibility index (Phi) is 4.70. The summed E-state index contributed by atoms with van der Waals surface area (Å²) in [6.45, 7) is 4.98. The zero-order valence-corrected chi connectivity index (χ0v) is 13.8. The van der Waals surface area contributed by atoms with Gasteiger partial charge in [-0.1, -0.05) is 30.3 Å². The number of hydrogen-bond acceptors (Lipinski definition) is 4. The van der Waals surface area contributed by atoms with E-state index in [1.807, 2.05) is 54.3 Å². The molecule has 122 valence electrons. The number of carbonyl (C=O) groups excluding carboxylic acids is 1. The van der Waals surface area contributed by atoms with Crippen molar-refractivity contribution in [1.29, 1.82) is 0 Å². The molecule has 2 aromatic carbocycles. The van der Waals surface area contributed by atoms with E-state index >= 15 is 0 Å². The number of hydrogen-bond donors (Lipinski definition) is 0. The zero-order valence-electron chi connectivity index (χ0n) is 13.8. The fourth-order valence-corrected chi connectivity index (χ4v) is 2.48. The second-order valence-electron chi connectivity index (χ2n) is 5.51. The van der Waals surface area contributed by atoms with Gasteiger partial charge in [-0.2, -0.15) is 0 Å². The lowest BCUT2D eigenvalue weighted by Gasteiger charge is -2.21. The molecule has 0 radical (unpaired) electrons. The first-order valence-corrected chi connectivity index (χ1v) is 7.91. The first kappa shape index (κ1) is 15.9. The molecule has 0 saturated heterocycles. The van der Waals surface area contributed by atoms with Crippen molar-refractivity contribution in [2.75, 3.05) is 6.54 Å². The molecule has 5 heteroatoms. The first-order chi connectivity index (χ1) is 11.7. The molecule has 0 aliphatic rings. The molecular formula is C19H19N3O2. The Balaban J connectivity index is 1.76. The molecule has 0 unspecified atom stereocenters. The lowest BCUT2D eigenvalue weighted by Crippen LogP contribution is -2.30. The minimum atomic E-state index is 0.00890. The van der Waals surface area contributed by atoms with E-state index < -0.39 is 0 Å². The molecule has 3 aromatic rings. The lowest BCUT2D eigenvalue weighted by atomic mass is 10.1. The van der Waals surface area contributed by atoms with E-state index in [2.05, 4.69) is 10.2 Å². The summed E-state index contributed by atoms with van der Waals surface area (Å²) in [6, 6.07) is 17.2. The number of rotatable bonds is 5. The molecular weight excluding hydrogens is 302 g/mol. The second-order valence-corrected chi connectivity index (χ2v) is 5.51. The van der Waals surface area contributed by atoms with Gasteiger partial charge in [0, 0.05) is 31.1 Å². The van der Waals surface area contributed by atoms with Crippen molar-refractivity contribution in [2.24, 2.45) is 0 Å². The Hall–Kier alpha value is -2.95. The third-order valence-electron chi connectivity index (χ3n) is 3.79. The standard InChI is InChI=1S/C19H19N3O2/c1-3-22(13-15-7-5-4-6-8-15)19(23)17-11-9-16(10-12-17)18-21-20-14(2)24-18/h4-12H,3,13H2,1-2H3. The summed E-state index contributed by atoms with van der Waals surface area (Å²) < 4.78 is 5.40. The molecule has 0 aliphatic carbocycles. The minimum Gasteiger partial charge on any atom is -0.421 e. The summed E-state index contributed by atoms with van der Waals surface area (Å²) in [5.74, 6) is 0.989. The second kappa shape index (κ2) is 7.08. The molecule has 1 aromatic heterocycles. The lowest BCUT2D eigenvalue weighted by molar-refractivity contribution is 0.0752. The van der Waals surface area contributed by atoms with Crippen LogP contribution in [0, 0.1) is 6.92 Å². The molecule has 0 spiro atoms. The smallest absolute Gasteiger partial charge is 0.254 e. The maximum Gasteiger partial charge on any atom is 0.254 e. The van der Waals surface area contributed by atoms with E-state index in [0.29, 0.717) is 30.4 Å². The van der Waals surface area contributed by atoms with E-state index in [9.17, 15) is 4.79 Å². The fraction of sp³-hybridized carbons (Fsp3) is 0.211. The first-order valence-electron chi connectivity index (χ1n) is 7.91. The average molecular weight is 321 g/mol. The van der Waals surface area contributed by atoms with Crippen LogP contribution < -0.4 is 0 Å². The molecule has 0 N–H and O–H groups in total. The predicted octanol–water partition coefficient (Wildman–Crippen LogP) is 3.71. The van der Waals surface area contributed by atoms with Crippen molar-refractivity contribution in [3.63, 3.8) is 0 Å². The molecule has 0 atom stereocenters. The Morgan fingerprint density at radius 2 is 1.75 bits per heavy atom. The van der Waals surface area contributed by atoms with Gasteiger partial charge < -0.3 is 9.32 Å². The van der Waals surface area contributed by atoms with Gasteiger partial charge in [0.25, 0.3) is 5.91 Å². The molecule has 0 saturated carbocycles. The highest BCUT2D eigenvalue weighted by atomic mass is 16.4. The Morgan fingerprint density at radius 1 is 1.04 bits per heavy atom. The number of aromatic nitrogens is 2. The van der Waals surface area contributed by atoms with Crippen LogP contribution in [0.5, 0.6) is 0 Å². The Morgan fingerprint density at radius 3 is 2.33 bits per heavy atom. The molecule has 24 heavy (non-hydrogen) atoms. The van der Waals surface area contributed by atoms with Gasteiger partial charge >= 0.3 is 0 Å². The van der Waals surface area contributed by atoms with Crippen molar-refractivity contribution in [3.05, 3.63) is 71.6 Å². The normalized spacial score (nSPS) is 10.6. The van der Waals surface area contributed by atoms with Gasteiger partial charge in [-0.15, -0.1) is 10.2 Å². The third kappa shape index (κ3) is 3.51. The van der Waals surface area contributed by atoms with Crippen LogP contribution in [0.15, 0.2) is 59.0 Å². The summed E-state index contributed by atoms with van der Waals surface area (Å²) in [4.78, 5) is 14.5. The highest BCUT2D eigenvalue weighted by molar-refractivity contribution is 5.94. The Bertz CT molecular complexity index is 810. The van der Waals surface area contributed by atoms with Gasteiger partial charge in [0.15, 0.2) is 0 Å². The van der Waals surface area contributed by atoms with Gasteiger partial charge in [-0.05, 0) is 36.8 Å². The van der Waals surface area contributed by atoms with Gasteiger partial charge in [0.2, 0.25) is 11.8 Å². The number of carbonyl (C=O) groups is 1. The SMILES string of the molecule is CCN(Cc1ccccc1)C(=O)c1ccc(-c2nnc(C)o2)cc1. The topological polar surface area (TPSA) is 59.2 Å². The number of amides is 1. The molecule has 0 bridgehead atoms. The van der Waals surface area contributed by atoms with Crippen LogP contribution >= 0.6 is 0 Å². The average Bonchev–Trinajstić information content (AvgIpc) is 3.06. The predicted molar refractivity (Wildman–Crippen MR) is 91.3 cm³/mol. The van der Waals surface area contributed by atoms with E-state index in [0.717, 1.165) is 11.1 Å². The van der Waals surface area contributed by atoms with Crippen molar-refractivity contribution in [2.45, 2.75) is 20.4 Å². The van der Waals surface area contributed by atoms with E-state index in [1.165, 1.54) is 0 Å². The molecule has 0 fully saturated rings. The molecule has 1 amide bonds. The van der Waals surface area contributed by atoms with Crippen LogP contribution in [0.3, 0.4) is 0 Å². The minimum absolute atomic E-state index is 0.00890. The monoisotopic (exact) mass is 321 g/mol. The maximum absolute atomic E-state index is 12.7. The van der Waals surface area contributed by atoms with Crippen molar-refractivity contribution in [1.82, 2.24) is 15.1 Å². The molecule has 0 aliphatic heterocycles. The summed E-state index contributed by atoms with van der Waals surface area (Å²) in [6.07, 6.45) is 0. The Labute approximate surface area is 140 Å². The van der Waals surface area contributed by atoms with E-state index in [1.54, 1.807) is 19.1 Å². The van der Waals surface area contributed by atoms with Crippen molar-refractivity contribution >= 4 is 5.91 Å². The summed E-state index contributed by atoms with van der Waals surface area (Å²) >= 11 is 0. The number of benzene rings is 2. The highest BCUT2D eigenvalue weighted by Crippen LogP contribution is 2.19. The van der Waals surface area contributed by atoms with E-state index in [4.69, 9.17) is 4.42 Å². The van der Waals surface area contributed by atoms with Crippen LogP contribution in [0.1, 0.15) is 28.7 Å². The van der Waals surface area contributed by atoms with Gasteiger partial charge in [0.1, 0.15) is 0 Å². The summed E-state index contributed by atoms with van der Waals surface area (Å²) in [5, 5.41) is 7.80. The molecule has 1 heterocycles. The van der Waals surface area contributed by atoms with E-state index in [-0.39, 0.29) is 5.91 Å². The molecule has 3 rings (SSSR count). The maximum atomic E-state index is 12.7.